The molecule has 2 aromatic rings. The molecule has 2 aromatic carbocycles. The van der Waals surface area contributed by atoms with E-state index in [2.05, 4.69) is 9.80 Å². The predicted octanol–water partition coefficient (Wildman–Crippen LogP) is 2.50. The molecule has 7 nitrogen and oxygen atoms in total. The Morgan fingerprint density at radius 2 is 1.70 bits per heavy atom. The zero-order chi connectivity index (χ0) is 23.2. The second-order valence-corrected chi connectivity index (χ2v) is 8.49. The molecule has 0 spiro atoms. The maximum Gasteiger partial charge on any atom is 0.261 e. The van der Waals surface area contributed by atoms with Gasteiger partial charge < -0.3 is 19.1 Å². The largest absolute Gasteiger partial charge is 0.496 e. The summed E-state index contributed by atoms with van der Waals surface area (Å²) in [4.78, 5) is 19.7. The molecule has 2 aliphatic rings. The molecule has 0 N–H and O–H groups in total. The summed E-state index contributed by atoms with van der Waals surface area (Å²) in [6.45, 7) is 6.72. The number of morpholine rings is 1. The SMILES string of the molecule is COc1cccc(OC)c1C(=O)N1CCN(CC2CN(Cc3cccc(F)c3)CCO2)CC1. The Kier molecular flexibility index (Phi) is 7.80. The molecule has 33 heavy (non-hydrogen) atoms. The summed E-state index contributed by atoms with van der Waals surface area (Å²) in [6.07, 6.45) is 0.101. The van der Waals surface area contributed by atoms with E-state index in [-0.39, 0.29) is 17.8 Å². The summed E-state index contributed by atoms with van der Waals surface area (Å²) in [5, 5.41) is 0. The lowest BCUT2D eigenvalue weighted by atomic mass is 10.1. The molecule has 0 saturated carbocycles. The number of rotatable bonds is 7. The van der Waals surface area contributed by atoms with E-state index in [4.69, 9.17) is 14.2 Å². The molecule has 1 unspecified atom stereocenters. The zero-order valence-corrected chi connectivity index (χ0v) is 19.3. The van der Waals surface area contributed by atoms with Crippen LogP contribution in [0.1, 0.15) is 15.9 Å². The van der Waals surface area contributed by atoms with Gasteiger partial charge in [0.05, 0.1) is 26.9 Å². The fourth-order valence-corrected chi connectivity index (χ4v) is 4.57. The van der Waals surface area contributed by atoms with Crippen molar-refractivity contribution >= 4 is 5.91 Å². The van der Waals surface area contributed by atoms with Gasteiger partial charge in [0, 0.05) is 52.4 Å². The maximum absolute atomic E-state index is 13.5. The van der Waals surface area contributed by atoms with E-state index in [9.17, 15) is 9.18 Å². The lowest BCUT2D eigenvalue weighted by Crippen LogP contribution is -2.53. The van der Waals surface area contributed by atoms with Crippen LogP contribution in [0.3, 0.4) is 0 Å². The third-order valence-corrected chi connectivity index (χ3v) is 6.28. The van der Waals surface area contributed by atoms with Gasteiger partial charge in [0.2, 0.25) is 0 Å². The summed E-state index contributed by atoms with van der Waals surface area (Å²) in [6, 6.07) is 12.2. The van der Waals surface area contributed by atoms with Crippen molar-refractivity contribution in [2.24, 2.45) is 0 Å². The molecular weight excluding hydrogens is 425 g/mol. The van der Waals surface area contributed by atoms with Crippen molar-refractivity contribution in [2.45, 2.75) is 12.6 Å². The maximum atomic E-state index is 13.5. The Hall–Kier alpha value is -2.68. The molecule has 0 aromatic heterocycles. The smallest absolute Gasteiger partial charge is 0.261 e. The Morgan fingerprint density at radius 3 is 2.36 bits per heavy atom. The Labute approximate surface area is 194 Å². The second-order valence-electron chi connectivity index (χ2n) is 8.49. The van der Waals surface area contributed by atoms with Crippen LogP contribution in [0.4, 0.5) is 4.39 Å². The standard InChI is InChI=1S/C25H32FN3O4/c1-31-22-7-4-8-23(32-2)24(22)25(30)29-11-9-27(10-12-29)17-21-18-28(13-14-33-21)16-19-5-3-6-20(26)15-19/h3-8,15,21H,9-14,16-18H2,1-2H3. The minimum absolute atomic E-state index is 0.0702. The van der Waals surface area contributed by atoms with E-state index in [0.717, 1.165) is 44.8 Å². The third-order valence-electron chi connectivity index (χ3n) is 6.28. The number of hydrogen-bond donors (Lipinski definition) is 0. The number of amides is 1. The van der Waals surface area contributed by atoms with Gasteiger partial charge in [0.25, 0.3) is 5.91 Å². The summed E-state index contributed by atoms with van der Waals surface area (Å²) >= 11 is 0. The van der Waals surface area contributed by atoms with Crippen molar-refractivity contribution in [3.8, 4) is 11.5 Å². The monoisotopic (exact) mass is 457 g/mol. The van der Waals surface area contributed by atoms with Gasteiger partial charge in [-0.05, 0) is 29.8 Å². The van der Waals surface area contributed by atoms with E-state index < -0.39 is 0 Å². The average Bonchev–Trinajstić information content (AvgIpc) is 2.84. The van der Waals surface area contributed by atoms with Crippen LogP contribution < -0.4 is 9.47 Å². The van der Waals surface area contributed by atoms with Crippen molar-refractivity contribution < 1.29 is 23.4 Å². The fraction of sp³-hybridized carbons (Fsp3) is 0.480. The quantitative estimate of drug-likeness (QED) is 0.637. The molecule has 2 heterocycles. The van der Waals surface area contributed by atoms with Crippen LogP contribution in [0.2, 0.25) is 0 Å². The number of ether oxygens (including phenoxy) is 3. The van der Waals surface area contributed by atoms with Crippen molar-refractivity contribution in [3.63, 3.8) is 0 Å². The van der Waals surface area contributed by atoms with Crippen molar-refractivity contribution in [1.82, 2.24) is 14.7 Å². The van der Waals surface area contributed by atoms with E-state index >= 15 is 0 Å². The van der Waals surface area contributed by atoms with E-state index in [0.29, 0.717) is 36.8 Å². The second kappa shape index (κ2) is 11.0. The summed E-state index contributed by atoms with van der Waals surface area (Å²) in [5.74, 6) is 0.779. The predicted molar refractivity (Wildman–Crippen MR) is 123 cm³/mol. The Bertz CT molecular complexity index is 927. The lowest BCUT2D eigenvalue weighted by Gasteiger charge is -2.39. The molecule has 2 fully saturated rings. The highest BCUT2D eigenvalue weighted by Gasteiger charge is 2.29. The average molecular weight is 458 g/mol. The minimum Gasteiger partial charge on any atom is -0.496 e. The number of carbonyl (C=O) groups is 1. The van der Waals surface area contributed by atoms with Crippen LogP contribution in [-0.2, 0) is 11.3 Å². The summed E-state index contributed by atoms with van der Waals surface area (Å²) < 4.78 is 30.3. The first kappa shape index (κ1) is 23.5. The molecule has 0 radical (unpaired) electrons. The Morgan fingerprint density at radius 1 is 1.00 bits per heavy atom. The van der Waals surface area contributed by atoms with Crippen molar-refractivity contribution in [1.29, 1.82) is 0 Å². The van der Waals surface area contributed by atoms with Gasteiger partial charge in [-0.15, -0.1) is 0 Å². The molecule has 4 rings (SSSR count). The van der Waals surface area contributed by atoms with Crippen molar-refractivity contribution in [2.75, 3.05) is 66.6 Å². The fourth-order valence-electron chi connectivity index (χ4n) is 4.57. The van der Waals surface area contributed by atoms with Crippen LogP contribution in [0.5, 0.6) is 11.5 Å². The lowest BCUT2D eigenvalue weighted by molar-refractivity contribution is -0.0497. The van der Waals surface area contributed by atoms with Crippen LogP contribution in [0.15, 0.2) is 42.5 Å². The van der Waals surface area contributed by atoms with Crippen LogP contribution in [0, 0.1) is 5.82 Å². The van der Waals surface area contributed by atoms with Gasteiger partial charge >= 0.3 is 0 Å². The molecule has 0 aliphatic carbocycles. The van der Waals surface area contributed by atoms with E-state index in [1.807, 2.05) is 17.0 Å². The van der Waals surface area contributed by atoms with Gasteiger partial charge in [-0.25, -0.2) is 4.39 Å². The zero-order valence-electron chi connectivity index (χ0n) is 19.3. The summed E-state index contributed by atoms with van der Waals surface area (Å²) in [5.41, 5.74) is 1.45. The molecule has 1 amide bonds. The number of hydrogen-bond acceptors (Lipinski definition) is 6. The number of nitrogens with zero attached hydrogens (tertiary/aromatic N) is 3. The number of benzene rings is 2. The molecular formula is C25H32FN3O4. The minimum atomic E-state index is -0.199. The van der Waals surface area contributed by atoms with Crippen LogP contribution >= 0.6 is 0 Å². The van der Waals surface area contributed by atoms with E-state index in [1.165, 1.54) is 6.07 Å². The highest BCUT2D eigenvalue weighted by molar-refractivity contribution is 5.99. The van der Waals surface area contributed by atoms with Crippen LogP contribution in [-0.4, -0.2) is 93.4 Å². The van der Waals surface area contributed by atoms with Gasteiger partial charge in [-0.3, -0.25) is 14.6 Å². The third kappa shape index (κ3) is 5.82. The normalized spacial score (nSPS) is 20.0. The molecule has 2 aliphatic heterocycles. The molecule has 1 atom stereocenters. The van der Waals surface area contributed by atoms with Crippen LogP contribution in [0.25, 0.3) is 0 Å². The number of halogens is 1. The molecule has 0 bridgehead atoms. The molecule has 2 saturated heterocycles. The first-order valence-electron chi connectivity index (χ1n) is 11.4. The molecule has 8 heteroatoms. The van der Waals surface area contributed by atoms with E-state index in [1.54, 1.807) is 38.5 Å². The topological polar surface area (TPSA) is 54.5 Å². The first-order chi connectivity index (χ1) is 16.1. The number of carbonyl (C=O) groups excluding carboxylic acids is 1. The first-order valence-corrected chi connectivity index (χ1v) is 11.4. The van der Waals surface area contributed by atoms with Crippen molar-refractivity contribution in [3.05, 3.63) is 59.4 Å². The van der Waals surface area contributed by atoms with Gasteiger partial charge in [-0.2, -0.15) is 0 Å². The summed E-state index contributed by atoms with van der Waals surface area (Å²) in [7, 11) is 3.12. The highest BCUT2D eigenvalue weighted by atomic mass is 19.1. The van der Waals surface area contributed by atoms with Gasteiger partial charge in [0.1, 0.15) is 22.9 Å². The Balaban J connectivity index is 1.29. The van der Waals surface area contributed by atoms with Gasteiger partial charge in [0.15, 0.2) is 0 Å². The number of piperazine rings is 1. The number of methoxy groups -OCH3 is 2. The molecule has 178 valence electrons. The van der Waals surface area contributed by atoms with Gasteiger partial charge in [-0.1, -0.05) is 18.2 Å². The highest BCUT2D eigenvalue weighted by Crippen LogP contribution is 2.30.